The number of carbonyl (C=O) groups excluding carboxylic acids is 1. The van der Waals surface area contributed by atoms with Gasteiger partial charge >= 0.3 is 6.18 Å². The van der Waals surface area contributed by atoms with Crippen LogP contribution in [-0.2, 0) is 16.3 Å². The van der Waals surface area contributed by atoms with E-state index in [0.29, 0.717) is 50.2 Å². The van der Waals surface area contributed by atoms with Crippen molar-refractivity contribution in [3.8, 4) is 17.5 Å². The van der Waals surface area contributed by atoms with E-state index in [-0.39, 0.29) is 34.0 Å². The van der Waals surface area contributed by atoms with Crippen LogP contribution in [0.15, 0.2) is 18.2 Å². The first-order valence-corrected chi connectivity index (χ1v) is 14.3. The summed E-state index contributed by atoms with van der Waals surface area (Å²) in [6.07, 6.45) is -0.397. The molecule has 1 aliphatic rings. The lowest BCUT2D eigenvalue weighted by atomic mass is 9.89. The minimum atomic E-state index is -4.44. The van der Waals surface area contributed by atoms with Crippen molar-refractivity contribution in [2.45, 2.75) is 63.4 Å². The zero-order chi connectivity index (χ0) is 28.3. The van der Waals surface area contributed by atoms with Gasteiger partial charge in [0.15, 0.2) is 11.4 Å². The molecule has 1 atom stereocenters. The van der Waals surface area contributed by atoms with Gasteiger partial charge in [-0.15, -0.1) is 0 Å². The van der Waals surface area contributed by atoms with Crippen molar-refractivity contribution in [1.29, 1.82) is 5.26 Å². The summed E-state index contributed by atoms with van der Waals surface area (Å²) >= 11 is 0. The van der Waals surface area contributed by atoms with Crippen LogP contribution in [0.25, 0.3) is 5.69 Å². The Morgan fingerprint density at radius 2 is 1.95 bits per heavy atom. The number of imidazole rings is 1. The molecule has 2 N–H and O–H groups in total. The Morgan fingerprint density at radius 3 is 2.47 bits per heavy atom. The fraction of sp³-hybridized carbons (Fsp3) is 0.560. The Balaban J connectivity index is 1.83. The number of sulfone groups is 1. The molecule has 1 aliphatic carbocycles. The van der Waals surface area contributed by atoms with Crippen molar-refractivity contribution in [3.63, 3.8) is 0 Å². The van der Waals surface area contributed by atoms with Gasteiger partial charge in [-0.05, 0) is 50.7 Å². The summed E-state index contributed by atoms with van der Waals surface area (Å²) in [7, 11) is -1.73. The minimum Gasteiger partial charge on any atom is -0.494 e. The minimum absolute atomic E-state index is 0.0252. The van der Waals surface area contributed by atoms with E-state index in [1.54, 1.807) is 6.92 Å². The molecular weight excluding hydrogens is 523 g/mol. The molecule has 1 heterocycles. The third-order valence-electron chi connectivity index (χ3n) is 6.83. The van der Waals surface area contributed by atoms with Crippen LogP contribution in [0.3, 0.4) is 0 Å². The normalized spacial score (nSPS) is 18.9. The monoisotopic (exact) mass is 555 g/mol. The number of carbonyl (C=O) groups is 1. The van der Waals surface area contributed by atoms with Crippen LogP contribution < -0.4 is 15.4 Å². The third kappa shape index (κ3) is 6.59. The molecule has 13 heteroatoms. The number of aryl methyl sites for hydroxylation is 1. The highest BCUT2D eigenvalue weighted by molar-refractivity contribution is 7.91. The summed E-state index contributed by atoms with van der Waals surface area (Å²) < 4.78 is 69.4. The predicted octanol–water partition coefficient (Wildman–Crippen LogP) is 4.01. The number of nitrogens with zero attached hydrogens (tertiary/aromatic N) is 3. The largest absolute Gasteiger partial charge is 0.494 e. The van der Waals surface area contributed by atoms with E-state index >= 15 is 0 Å². The Hall–Kier alpha value is -3.27. The number of anilines is 1. The number of hydrogen-bond donors (Lipinski definition) is 2. The molecule has 208 valence electrons. The van der Waals surface area contributed by atoms with Crippen molar-refractivity contribution >= 4 is 21.4 Å². The summed E-state index contributed by atoms with van der Waals surface area (Å²) in [5.74, 6) is 0.191. The van der Waals surface area contributed by atoms with Gasteiger partial charge in [-0.25, -0.2) is 13.4 Å². The van der Waals surface area contributed by atoms with Crippen LogP contribution in [0.5, 0.6) is 5.75 Å². The van der Waals surface area contributed by atoms with Crippen LogP contribution in [-0.4, -0.2) is 61.3 Å². The van der Waals surface area contributed by atoms with Crippen molar-refractivity contribution in [3.05, 3.63) is 35.4 Å². The third-order valence-corrected chi connectivity index (χ3v) is 8.51. The molecule has 1 fully saturated rings. The molecule has 1 aromatic carbocycles. The average molecular weight is 556 g/mol. The molecule has 1 aromatic heterocycles. The maximum Gasteiger partial charge on any atom is 0.408 e. The lowest BCUT2D eigenvalue weighted by Crippen LogP contribution is -2.34. The molecule has 1 amide bonds. The van der Waals surface area contributed by atoms with Crippen LogP contribution >= 0.6 is 0 Å². The summed E-state index contributed by atoms with van der Waals surface area (Å²) in [5.41, 5.74) is 0.444. The lowest BCUT2D eigenvalue weighted by molar-refractivity contribution is -0.138. The Bertz CT molecular complexity index is 1310. The molecule has 0 unspecified atom stereocenters. The first-order valence-electron chi connectivity index (χ1n) is 12.3. The average Bonchev–Trinajstić information content (AvgIpc) is 3.25. The van der Waals surface area contributed by atoms with Gasteiger partial charge in [0.25, 0.3) is 5.91 Å². The highest BCUT2D eigenvalue weighted by Crippen LogP contribution is 2.32. The van der Waals surface area contributed by atoms with Crippen molar-refractivity contribution in [2.24, 2.45) is 5.92 Å². The summed E-state index contributed by atoms with van der Waals surface area (Å²) in [6.45, 7) is 3.13. The molecule has 0 radical (unpaired) electrons. The molecule has 0 aliphatic heterocycles. The standard InChI is InChI=1S/C25H32F3N5O4S/c1-5-22-32-23(24(34)30-14-16-6-9-18(10-7-16)38(4,35)36)20(13-29)33(22)19-11-8-17(12-21(19)37-3)31-15(2)25(26,27)28/h8,11-12,15-16,18,31H,5-7,9-10,14H2,1-4H3,(H,30,34)/t15-,16-,18-/m1/s1. The topological polar surface area (TPSA) is 126 Å². The van der Waals surface area contributed by atoms with Crippen molar-refractivity contribution in [2.75, 3.05) is 25.2 Å². The molecule has 38 heavy (non-hydrogen) atoms. The van der Waals surface area contributed by atoms with Gasteiger partial charge in [-0.3, -0.25) is 9.36 Å². The molecule has 9 nitrogen and oxygen atoms in total. The Morgan fingerprint density at radius 1 is 1.29 bits per heavy atom. The van der Waals surface area contributed by atoms with Crippen LogP contribution in [0.1, 0.15) is 61.5 Å². The second kappa shape index (κ2) is 11.6. The summed E-state index contributed by atoms with van der Waals surface area (Å²) in [5, 5.41) is 14.8. The Kier molecular flexibility index (Phi) is 8.97. The van der Waals surface area contributed by atoms with Crippen LogP contribution in [0.2, 0.25) is 0 Å². The van der Waals surface area contributed by atoms with E-state index in [1.165, 1.54) is 36.1 Å². The van der Waals surface area contributed by atoms with Gasteiger partial charge < -0.3 is 15.4 Å². The highest BCUT2D eigenvalue weighted by Gasteiger charge is 2.36. The number of benzene rings is 1. The number of rotatable bonds is 9. The molecule has 0 bridgehead atoms. The van der Waals surface area contributed by atoms with E-state index in [9.17, 15) is 31.6 Å². The summed E-state index contributed by atoms with van der Waals surface area (Å²) in [6, 6.07) is 4.58. The second-order valence-corrected chi connectivity index (χ2v) is 11.8. The van der Waals surface area contributed by atoms with E-state index in [1.807, 2.05) is 6.07 Å². The first kappa shape index (κ1) is 29.3. The van der Waals surface area contributed by atoms with Gasteiger partial charge in [0.2, 0.25) is 0 Å². The van der Waals surface area contributed by atoms with Gasteiger partial charge in [-0.1, -0.05) is 6.92 Å². The maximum absolute atomic E-state index is 13.0. The predicted molar refractivity (Wildman–Crippen MR) is 136 cm³/mol. The van der Waals surface area contributed by atoms with Crippen LogP contribution in [0, 0.1) is 17.2 Å². The number of nitrogens with one attached hydrogen (secondary N) is 2. The number of aromatic nitrogens is 2. The fourth-order valence-corrected chi connectivity index (χ4v) is 5.72. The number of halogens is 3. The van der Waals surface area contributed by atoms with Gasteiger partial charge in [0.1, 0.15) is 33.5 Å². The zero-order valence-corrected chi connectivity index (χ0v) is 22.5. The number of alkyl halides is 3. The lowest BCUT2D eigenvalue weighted by Gasteiger charge is -2.27. The number of nitriles is 1. The Labute approximate surface area is 220 Å². The first-order chi connectivity index (χ1) is 17.8. The fourth-order valence-electron chi connectivity index (χ4n) is 4.59. The number of amides is 1. The van der Waals surface area contributed by atoms with E-state index in [2.05, 4.69) is 15.6 Å². The molecule has 2 aromatic rings. The molecule has 0 saturated heterocycles. The molecule has 0 spiro atoms. The summed E-state index contributed by atoms with van der Waals surface area (Å²) in [4.78, 5) is 17.4. The van der Waals surface area contributed by atoms with Crippen LogP contribution in [0.4, 0.5) is 18.9 Å². The van der Waals surface area contributed by atoms with E-state index < -0.39 is 28.0 Å². The molecule has 1 saturated carbocycles. The SMILES string of the molecule is CCc1nc(C(=O)NC[C@H]2CC[C@H](S(C)(=O)=O)CC2)c(C#N)n1-c1ccc(N[C@H](C)C(F)(F)F)cc1OC. The maximum atomic E-state index is 13.0. The number of hydrogen-bond acceptors (Lipinski definition) is 7. The molecular formula is C25H32F3N5O4S. The van der Waals surface area contributed by atoms with Gasteiger partial charge in [0, 0.05) is 31.0 Å². The van der Waals surface area contributed by atoms with Crippen molar-refractivity contribution < 1.29 is 31.1 Å². The quantitative estimate of drug-likeness (QED) is 0.479. The van der Waals surface area contributed by atoms with Gasteiger partial charge in [0.05, 0.1) is 18.0 Å². The van der Waals surface area contributed by atoms with E-state index in [0.717, 1.165) is 6.92 Å². The second-order valence-electron chi connectivity index (χ2n) is 9.50. The van der Waals surface area contributed by atoms with E-state index in [4.69, 9.17) is 4.74 Å². The highest BCUT2D eigenvalue weighted by atomic mass is 32.2. The zero-order valence-electron chi connectivity index (χ0n) is 21.7. The molecule has 3 rings (SSSR count). The van der Waals surface area contributed by atoms with Crippen molar-refractivity contribution in [1.82, 2.24) is 14.9 Å². The number of methoxy groups -OCH3 is 1. The van der Waals surface area contributed by atoms with Gasteiger partial charge in [-0.2, -0.15) is 18.4 Å². The number of ether oxygens (including phenoxy) is 1. The smallest absolute Gasteiger partial charge is 0.408 e.